The van der Waals surface area contributed by atoms with Crippen molar-refractivity contribution in [3.8, 4) is 0 Å². The molecule has 1 aromatic carbocycles. The highest BCUT2D eigenvalue weighted by Crippen LogP contribution is 2.30. The molecular formula is C15H23F3N2O. The lowest BCUT2D eigenvalue weighted by molar-refractivity contribution is -0.137. The van der Waals surface area contributed by atoms with Crippen LogP contribution in [0.3, 0.4) is 0 Å². The van der Waals surface area contributed by atoms with Gasteiger partial charge in [-0.05, 0) is 44.0 Å². The van der Waals surface area contributed by atoms with Gasteiger partial charge in [0.2, 0.25) is 0 Å². The molecule has 0 bridgehead atoms. The zero-order chi connectivity index (χ0) is 15.9. The number of hydrogen-bond donors (Lipinski definition) is 2. The van der Waals surface area contributed by atoms with E-state index in [0.29, 0.717) is 18.7 Å². The molecule has 0 amide bonds. The van der Waals surface area contributed by atoms with Crippen molar-refractivity contribution in [1.82, 2.24) is 5.32 Å². The molecule has 120 valence electrons. The lowest BCUT2D eigenvalue weighted by atomic mass is 10.0. The molecule has 0 aliphatic heterocycles. The van der Waals surface area contributed by atoms with Gasteiger partial charge in [-0.2, -0.15) is 13.2 Å². The second-order valence-corrected chi connectivity index (χ2v) is 5.09. The minimum atomic E-state index is -4.32. The summed E-state index contributed by atoms with van der Waals surface area (Å²) in [5, 5.41) is 3.30. The average Bonchev–Trinajstić information content (AvgIpc) is 2.44. The van der Waals surface area contributed by atoms with Gasteiger partial charge in [0.05, 0.1) is 12.2 Å². The van der Waals surface area contributed by atoms with E-state index in [9.17, 15) is 13.2 Å². The molecule has 0 aliphatic rings. The third-order valence-corrected chi connectivity index (χ3v) is 3.32. The van der Waals surface area contributed by atoms with Crippen molar-refractivity contribution in [2.75, 3.05) is 20.3 Å². The molecule has 0 spiro atoms. The number of benzene rings is 1. The number of alkyl halides is 3. The van der Waals surface area contributed by atoms with Crippen molar-refractivity contribution in [2.24, 2.45) is 5.73 Å². The van der Waals surface area contributed by atoms with Crippen LogP contribution in [0.5, 0.6) is 0 Å². The monoisotopic (exact) mass is 304 g/mol. The quantitative estimate of drug-likeness (QED) is 0.776. The number of nitrogens with two attached hydrogens (primary N) is 1. The number of hydrogen-bond acceptors (Lipinski definition) is 3. The molecule has 6 heteroatoms. The van der Waals surface area contributed by atoms with Gasteiger partial charge in [-0.15, -0.1) is 0 Å². The van der Waals surface area contributed by atoms with Gasteiger partial charge < -0.3 is 15.8 Å². The van der Waals surface area contributed by atoms with Gasteiger partial charge in [0.15, 0.2) is 0 Å². The maximum Gasteiger partial charge on any atom is 0.416 e. The third-order valence-electron chi connectivity index (χ3n) is 3.32. The Morgan fingerprint density at radius 1 is 1.33 bits per heavy atom. The summed E-state index contributed by atoms with van der Waals surface area (Å²) < 4.78 is 43.3. The predicted octanol–water partition coefficient (Wildman–Crippen LogP) is 3.11. The Hall–Kier alpha value is -1.11. The topological polar surface area (TPSA) is 47.3 Å². The van der Waals surface area contributed by atoms with Gasteiger partial charge in [-0.3, -0.25) is 0 Å². The second-order valence-electron chi connectivity index (χ2n) is 5.09. The molecule has 0 saturated carbocycles. The van der Waals surface area contributed by atoms with E-state index in [1.165, 1.54) is 12.1 Å². The molecule has 0 aliphatic carbocycles. The standard InChI is InChI=1S/C15H23F3N2O/c1-11(20-14(10-21-2)7-4-8-19)12-5-3-6-13(9-12)15(16,17)18/h3,5-6,9,11,14,20H,4,7-8,10,19H2,1-2H3. The van der Waals surface area contributed by atoms with Gasteiger partial charge >= 0.3 is 6.18 Å². The van der Waals surface area contributed by atoms with Crippen molar-refractivity contribution >= 4 is 0 Å². The first-order valence-corrected chi connectivity index (χ1v) is 7.00. The Morgan fingerprint density at radius 3 is 2.62 bits per heavy atom. The van der Waals surface area contributed by atoms with Crippen molar-refractivity contribution < 1.29 is 17.9 Å². The molecule has 1 aromatic rings. The SMILES string of the molecule is COCC(CCCN)NC(C)c1cccc(C(F)(F)F)c1. The van der Waals surface area contributed by atoms with Crippen molar-refractivity contribution in [2.45, 2.75) is 38.0 Å². The van der Waals surface area contributed by atoms with E-state index < -0.39 is 11.7 Å². The fourth-order valence-electron chi connectivity index (χ4n) is 2.21. The predicted molar refractivity (Wildman–Crippen MR) is 76.9 cm³/mol. The fourth-order valence-corrected chi connectivity index (χ4v) is 2.21. The summed E-state index contributed by atoms with van der Waals surface area (Å²) in [6.45, 7) is 2.93. The first-order valence-electron chi connectivity index (χ1n) is 7.00. The average molecular weight is 304 g/mol. The van der Waals surface area contributed by atoms with Crippen LogP contribution in [0.1, 0.15) is 36.9 Å². The van der Waals surface area contributed by atoms with E-state index in [4.69, 9.17) is 10.5 Å². The van der Waals surface area contributed by atoms with Crippen LogP contribution < -0.4 is 11.1 Å². The Labute approximate surface area is 123 Å². The summed E-state index contributed by atoms with van der Waals surface area (Å²) in [4.78, 5) is 0. The lowest BCUT2D eigenvalue weighted by Gasteiger charge is -2.23. The molecular weight excluding hydrogens is 281 g/mol. The Balaban J connectivity index is 2.75. The molecule has 3 N–H and O–H groups in total. The third kappa shape index (κ3) is 6.03. The van der Waals surface area contributed by atoms with Crippen LogP contribution >= 0.6 is 0 Å². The molecule has 1 rings (SSSR count). The number of nitrogens with one attached hydrogen (secondary N) is 1. The van der Waals surface area contributed by atoms with E-state index in [1.807, 2.05) is 6.92 Å². The van der Waals surface area contributed by atoms with Gasteiger partial charge in [0.25, 0.3) is 0 Å². The highest BCUT2D eigenvalue weighted by atomic mass is 19.4. The van der Waals surface area contributed by atoms with E-state index in [2.05, 4.69) is 5.32 Å². The van der Waals surface area contributed by atoms with Crippen LogP contribution in [-0.4, -0.2) is 26.3 Å². The first kappa shape index (κ1) is 17.9. The zero-order valence-electron chi connectivity index (χ0n) is 12.4. The van der Waals surface area contributed by atoms with Crippen molar-refractivity contribution in [3.63, 3.8) is 0 Å². The minimum Gasteiger partial charge on any atom is -0.383 e. The number of ether oxygens (including phenoxy) is 1. The highest BCUT2D eigenvalue weighted by Gasteiger charge is 2.30. The highest BCUT2D eigenvalue weighted by molar-refractivity contribution is 5.27. The van der Waals surface area contributed by atoms with E-state index in [-0.39, 0.29) is 12.1 Å². The molecule has 0 saturated heterocycles. The van der Waals surface area contributed by atoms with E-state index in [1.54, 1.807) is 13.2 Å². The molecule has 2 unspecified atom stereocenters. The largest absolute Gasteiger partial charge is 0.416 e. The van der Waals surface area contributed by atoms with E-state index in [0.717, 1.165) is 18.9 Å². The molecule has 2 atom stereocenters. The summed E-state index contributed by atoms with van der Waals surface area (Å²) in [7, 11) is 1.60. The van der Waals surface area contributed by atoms with Crippen LogP contribution in [0.2, 0.25) is 0 Å². The normalized spacial score (nSPS) is 15.0. The first-order chi connectivity index (χ1) is 9.88. The Morgan fingerprint density at radius 2 is 2.05 bits per heavy atom. The van der Waals surface area contributed by atoms with Gasteiger partial charge in [-0.1, -0.05) is 12.1 Å². The number of methoxy groups -OCH3 is 1. The molecule has 0 radical (unpaired) electrons. The Kier molecular flexibility index (Phi) is 7.14. The lowest BCUT2D eigenvalue weighted by Crippen LogP contribution is -2.35. The Bertz CT molecular complexity index is 424. The molecule has 3 nitrogen and oxygen atoms in total. The van der Waals surface area contributed by atoms with Gasteiger partial charge in [-0.25, -0.2) is 0 Å². The zero-order valence-corrected chi connectivity index (χ0v) is 12.4. The van der Waals surface area contributed by atoms with Crippen LogP contribution in [0.4, 0.5) is 13.2 Å². The second kappa shape index (κ2) is 8.36. The summed E-state index contributed by atoms with van der Waals surface area (Å²) >= 11 is 0. The number of halogens is 3. The van der Waals surface area contributed by atoms with Gasteiger partial charge in [0.1, 0.15) is 0 Å². The van der Waals surface area contributed by atoms with Gasteiger partial charge in [0, 0.05) is 19.2 Å². The van der Waals surface area contributed by atoms with Crippen LogP contribution in [0.25, 0.3) is 0 Å². The number of rotatable bonds is 8. The summed E-state index contributed by atoms with van der Waals surface area (Å²) in [6.07, 6.45) is -2.65. The van der Waals surface area contributed by atoms with Crippen molar-refractivity contribution in [1.29, 1.82) is 0 Å². The molecule has 0 heterocycles. The summed E-state index contributed by atoms with van der Waals surface area (Å²) in [5.74, 6) is 0. The maximum absolute atomic E-state index is 12.7. The maximum atomic E-state index is 12.7. The summed E-state index contributed by atoms with van der Waals surface area (Å²) in [6, 6.07) is 5.27. The fraction of sp³-hybridized carbons (Fsp3) is 0.600. The van der Waals surface area contributed by atoms with Crippen LogP contribution in [0, 0.1) is 0 Å². The smallest absolute Gasteiger partial charge is 0.383 e. The molecule has 0 fully saturated rings. The van der Waals surface area contributed by atoms with E-state index >= 15 is 0 Å². The minimum absolute atomic E-state index is 0.0723. The van der Waals surface area contributed by atoms with Crippen molar-refractivity contribution in [3.05, 3.63) is 35.4 Å². The van der Waals surface area contributed by atoms with Crippen LogP contribution in [-0.2, 0) is 10.9 Å². The summed E-state index contributed by atoms with van der Waals surface area (Å²) in [5.41, 5.74) is 5.47. The molecule has 0 aromatic heterocycles. The van der Waals surface area contributed by atoms with Crippen LogP contribution in [0.15, 0.2) is 24.3 Å². The molecule has 21 heavy (non-hydrogen) atoms.